The summed E-state index contributed by atoms with van der Waals surface area (Å²) in [6, 6.07) is 14.1. The highest BCUT2D eigenvalue weighted by Gasteiger charge is 2.40. The van der Waals surface area contributed by atoms with Crippen LogP contribution in [0, 0.1) is 0 Å². The van der Waals surface area contributed by atoms with Crippen LogP contribution in [0.5, 0.6) is 11.5 Å². The maximum atomic E-state index is 11.3. The van der Waals surface area contributed by atoms with Crippen LogP contribution in [0.3, 0.4) is 0 Å². The molecule has 144 valence electrons. The van der Waals surface area contributed by atoms with Crippen LogP contribution < -0.4 is 9.47 Å². The van der Waals surface area contributed by atoms with Crippen LogP contribution in [0.2, 0.25) is 0 Å². The van der Waals surface area contributed by atoms with E-state index < -0.39 is 5.79 Å². The quantitative estimate of drug-likeness (QED) is 0.898. The summed E-state index contributed by atoms with van der Waals surface area (Å²) >= 11 is 0. The Morgan fingerprint density at radius 1 is 1.19 bits per heavy atom. The summed E-state index contributed by atoms with van der Waals surface area (Å²) in [4.78, 5) is 2.22. The predicted molar refractivity (Wildman–Crippen MR) is 103 cm³/mol. The van der Waals surface area contributed by atoms with Crippen molar-refractivity contribution in [3.63, 3.8) is 0 Å². The summed E-state index contributed by atoms with van der Waals surface area (Å²) in [5, 5.41) is 11.3. The van der Waals surface area contributed by atoms with Crippen molar-refractivity contribution in [3.05, 3.63) is 59.2 Å². The normalized spacial score (nSPS) is 24.3. The lowest BCUT2D eigenvalue weighted by Crippen LogP contribution is -2.49. The molecule has 0 aromatic heterocycles. The van der Waals surface area contributed by atoms with Gasteiger partial charge in [0, 0.05) is 30.6 Å². The molecule has 0 amide bonds. The Balaban J connectivity index is 1.60. The van der Waals surface area contributed by atoms with Crippen molar-refractivity contribution < 1.29 is 19.3 Å². The van der Waals surface area contributed by atoms with Gasteiger partial charge in [0.15, 0.2) is 11.5 Å². The molecule has 2 aliphatic rings. The van der Waals surface area contributed by atoms with E-state index >= 15 is 0 Å². The molecule has 2 aromatic rings. The Morgan fingerprint density at radius 3 is 2.70 bits per heavy atom. The van der Waals surface area contributed by atoms with Crippen molar-refractivity contribution in [2.24, 2.45) is 0 Å². The Labute approximate surface area is 160 Å². The van der Waals surface area contributed by atoms with E-state index in [0.29, 0.717) is 18.9 Å². The smallest absolute Gasteiger partial charge is 0.205 e. The van der Waals surface area contributed by atoms with Gasteiger partial charge < -0.3 is 19.3 Å². The number of methoxy groups -OCH3 is 1. The molecule has 5 heteroatoms. The zero-order valence-corrected chi connectivity index (χ0v) is 16.2. The van der Waals surface area contributed by atoms with Crippen LogP contribution in [0.15, 0.2) is 42.5 Å². The van der Waals surface area contributed by atoms with E-state index in [1.54, 1.807) is 7.11 Å². The molecule has 1 N–H and O–H groups in total. The zero-order valence-electron chi connectivity index (χ0n) is 16.2. The first kappa shape index (κ1) is 18.3. The van der Waals surface area contributed by atoms with E-state index in [1.807, 2.05) is 30.3 Å². The standard InChI is InChI=1S/C22H27NO4/c1-21(2)13-17-11-18(12-19(25-3)20(17)27-21)22(24)15-23(9-10-26-22)14-16-7-5-4-6-8-16/h4-8,11-12,24H,9-10,13-15H2,1-3H3. The Morgan fingerprint density at radius 2 is 1.96 bits per heavy atom. The Hall–Kier alpha value is -2.08. The zero-order chi connectivity index (χ0) is 19.1. The summed E-state index contributed by atoms with van der Waals surface area (Å²) in [7, 11) is 1.63. The lowest BCUT2D eigenvalue weighted by Gasteiger charge is -2.39. The van der Waals surface area contributed by atoms with Gasteiger partial charge in [0.1, 0.15) is 5.60 Å². The van der Waals surface area contributed by atoms with Crippen LogP contribution in [0.25, 0.3) is 0 Å². The predicted octanol–water partition coefficient (Wildman–Crippen LogP) is 3.09. The molecule has 1 fully saturated rings. The van der Waals surface area contributed by atoms with E-state index in [0.717, 1.165) is 36.4 Å². The second-order valence-corrected chi connectivity index (χ2v) is 8.03. The van der Waals surface area contributed by atoms with Gasteiger partial charge in [0.2, 0.25) is 5.79 Å². The fraction of sp³-hybridized carbons (Fsp3) is 0.455. The maximum absolute atomic E-state index is 11.3. The van der Waals surface area contributed by atoms with Gasteiger partial charge >= 0.3 is 0 Å². The average molecular weight is 369 g/mol. The third kappa shape index (κ3) is 3.68. The van der Waals surface area contributed by atoms with Crippen molar-refractivity contribution in [1.29, 1.82) is 0 Å². The van der Waals surface area contributed by atoms with Crippen molar-refractivity contribution in [2.75, 3.05) is 26.8 Å². The van der Waals surface area contributed by atoms with Crippen molar-refractivity contribution in [1.82, 2.24) is 4.90 Å². The van der Waals surface area contributed by atoms with Crippen molar-refractivity contribution in [2.45, 2.75) is 38.2 Å². The Kier molecular flexibility index (Phi) is 4.62. The highest BCUT2D eigenvalue weighted by Crippen LogP contribution is 2.45. The van der Waals surface area contributed by atoms with Crippen LogP contribution in [0.1, 0.15) is 30.5 Å². The third-order valence-corrected chi connectivity index (χ3v) is 5.23. The molecular formula is C22H27NO4. The van der Waals surface area contributed by atoms with E-state index in [9.17, 15) is 5.11 Å². The SMILES string of the molecule is COc1cc(C2(O)CN(Cc3ccccc3)CCO2)cc2c1OC(C)(C)C2. The molecule has 0 saturated carbocycles. The van der Waals surface area contributed by atoms with E-state index in [-0.39, 0.29) is 5.60 Å². The van der Waals surface area contributed by atoms with Crippen molar-refractivity contribution in [3.8, 4) is 11.5 Å². The first-order chi connectivity index (χ1) is 12.9. The number of rotatable bonds is 4. The number of ether oxygens (including phenoxy) is 3. The van der Waals surface area contributed by atoms with Gasteiger partial charge in [0.05, 0.1) is 20.3 Å². The number of nitrogens with zero attached hydrogens (tertiary/aromatic N) is 1. The minimum absolute atomic E-state index is 0.274. The van der Waals surface area contributed by atoms with Crippen LogP contribution in [-0.2, 0) is 23.5 Å². The largest absolute Gasteiger partial charge is 0.493 e. The second-order valence-electron chi connectivity index (χ2n) is 8.03. The van der Waals surface area contributed by atoms with Gasteiger partial charge in [-0.3, -0.25) is 4.90 Å². The number of hydrogen-bond donors (Lipinski definition) is 1. The lowest BCUT2D eigenvalue weighted by atomic mass is 9.96. The topological polar surface area (TPSA) is 51.2 Å². The van der Waals surface area contributed by atoms with Gasteiger partial charge in [0.25, 0.3) is 0 Å². The highest BCUT2D eigenvalue weighted by molar-refractivity contribution is 5.53. The molecule has 0 bridgehead atoms. The fourth-order valence-corrected chi connectivity index (χ4v) is 3.98. The monoisotopic (exact) mass is 369 g/mol. The minimum Gasteiger partial charge on any atom is -0.493 e. The summed E-state index contributed by atoms with van der Waals surface area (Å²) in [6.45, 7) is 6.57. The molecule has 1 unspecified atom stereocenters. The molecule has 5 nitrogen and oxygen atoms in total. The first-order valence-corrected chi connectivity index (χ1v) is 9.42. The number of benzene rings is 2. The first-order valence-electron chi connectivity index (χ1n) is 9.42. The molecule has 1 atom stereocenters. The Bertz CT molecular complexity index is 821. The molecule has 1 saturated heterocycles. The summed E-state index contributed by atoms with van der Waals surface area (Å²) < 4.78 is 17.4. The third-order valence-electron chi connectivity index (χ3n) is 5.23. The van der Waals surface area contributed by atoms with E-state index in [4.69, 9.17) is 14.2 Å². The van der Waals surface area contributed by atoms with E-state index in [2.05, 4.69) is 30.9 Å². The van der Waals surface area contributed by atoms with Gasteiger partial charge in [-0.1, -0.05) is 30.3 Å². The number of morpholine rings is 1. The number of β-amino-alcohol motifs (C(OH)–C–C–N with tert-alkyl or cyclic N) is 1. The summed E-state index contributed by atoms with van der Waals surface area (Å²) in [5.41, 5.74) is 2.72. The molecular weight excluding hydrogens is 342 g/mol. The van der Waals surface area contributed by atoms with E-state index in [1.165, 1.54) is 5.56 Å². The fourth-order valence-electron chi connectivity index (χ4n) is 3.98. The van der Waals surface area contributed by atoms with Gasteiger partial charge in [-0.2, -0.15) is 0 Å². The molecule has 0 spiro atoms. The van der Waals surface area contributed by atoms with Gasteiger partial charge in [-0.05, 0) is 31.5 Å². The molecule has 2 heterocycles. The number of aliphatic hydroxyl groups is 1. The second kappa shape index (κ2) is 6.82. The molecule has 2 aromatic carbocycles. The van der Waals surface area contributed by atoms with Gasteiger partial charge in [-0.25, -0.2) is 0 Å². The van der Waals surface area contributed by atoms with Gasteiger partial charge in [-0.15, -0.1) is 0 Å². The summed E-state index contributed by atoms with van der Waals surface area (Å²) in [6.07, 6.45) is 0.774. The lowest BCUT2D eigenvalue weighted by molar-refractivity contribution is -0.249. The minimum atomic E-state index is -1.36. The molecule has 4 rings (SSSR count). The molecule has 2 aliphatic heterocycles. The molecule has 0 aliphatic carbocycles. The van der Waals surface area contributed by atoms with Crippen molar-refractivity contribution >= 4 is 0 Å². The number of hydrogen-bond acceptors (Lipinski definition) is 5. The molecule has 27 heavy (non-hydrogen) atoms. The summed E-state index contributed by atoms with van der Waals surface area (Å²) in [5.74, 6) is 0.0549. The maximum Gasteiger partial charge on any atom is 0.205 e. The molecule has 0 radical (unpaired) electrons. The highest BCUT2D eigenvalue weighted by atomic mass is 16.6. The van der Waals surface area contributed by atoms with Crippen LogP contribution in [-0.4, -0.2) is 42.4 Å². The van der Waals surface area contributed by atoms with Crippen LogP contribution in [0.4, 0.5) is 0 Å². The number of fused-ring (bicyclic) bond motifs is 1. The van der Waals surface area contributed by atoms with Crippen LogP contribution >= 0.6 is 0 Å². The average Bonchev–Trinajstić information content (AvgIpc) is 2.95.